The molecule has 1 aliphatic rings. The van der Waals surface area contributed by atoms with Crippen molar-refractivity contribution in [1.82, 2.24) is 47.5 Å². The lowest BCUT2D eigenvalue weighted by molar-refractivity contribution is -0.192. The maximum absolute atomic E-state index is 14.8. The largest absolute Gasteiger partial charge is 0.490 e. The van der Waals surface area contributed by atoms with Crippen LogP contribution in [0.4, 0.5) is 13.2 Å². The first kappa shape index (κ1) is 66.3. The topological polar surface area (TPSA) is 373 Å². The van der Waals surface area contributed by atoms with Crippen LogP contribution in [0.3, 0.4) is 0 Å². The van der Waals surface area contributed by atoms with Crippen LogP contribution >= 0.6 is 21.6 Å². The first-order valence-electron chi connectivity index (χ1n) is 25.7. The Kier molecular flexibility index (Phi) is 26.9. The summed E-state index contributed by atoms with van der Waals surface area (Å²) in [4.78, 5) is 125. The smallest absolute Gasteiger partial charge is 0.475 e. The number of carboxylic acids is 1. The van der Waals surface area contributed by atoms with Crippen LogP contribution in [0, 0.1) is 0 Å². The lowest BCUT2D eigenvalue weighted by Gasteiger charge is -2.29. The second kappa shape index (κ2) is 32.9. The zero-order valence-corrected chi connectivity index (χ0v) is 46.1. The number of carbonyl (C=O) groups is 9. The Morgan fingerprint density at radius 1 is 0.728 bits per heavy atom. The molecular formula is C53H69F3N10O13S2. The highest BCUT2D eigenvalue weighted by Gasteiger charge is 2.39. The monoisotopic (exact) mass is 1170 g/mol. The van der Waals surface area contributed by atoms with Gasteiger partial charge in [-0.2, -0.15) is 13.2 Å². The minimum atomic E-state index is -5.08. The van der Waals surface area contributed by atoms with E-state index in [1.807, 2.05) is 24.3 Å². The van der Waals surface area contributed by atoms with Gasteiger partial charge in [-0.1, -0.05) is 100 Å². The van der Waals surface area contributed by atoms with Gasteiger partial charge >= 0.3 is 12.1 Å². The highest BCUT2D eigenvalue weighted by Crippen LogP contribution is 2.25. The van der Waals surface area contributed by atoms with Crippen LogP contribution in [-0.4, -0.2) is 164 Å². The van der Waals surface area contributed by atoms with Gasteiger partial charge in [0, 0.05) is 48.4 Å². The molecule has 0 bridgehead atoms. The number of halogens is 3. The second-order valence-electron chi connectivity index (χ2n) is 18.9. The number of aromatic amines is 1. The third-order valence-electron chi connectivity index (χ3n) is 12.4. The van der Waals surface area contributed by atoms with Gasteiger partial charge in [-0.3, -0.25) is 38.4 Å². The van der Waals surface area contributed by atoms with Crippen LogP contribution < -0.4 is 48.3 Å². The van der Waals surface area contributed by atoms with E-state index in [0.29, 0.717) is 29.5 Å². The van der Waals surface area contributed by atoms with Gasteiger partial charge in [0.05, 0.1) is 37.3 Å². The van der Waals surface area contributed by atoms with Crippen LogP contribution in [0.2, 0.25) is 0 Å². The fraction of sp³-hybridized carbons (Fsp3) is 0.453. The lowest BCUT2D eigenvalue weighted by Crippen LogP contribution is -2.62. The summed E-state index contributed by atoms with van der Waals surface area (Å²) in [5.74, 6) is -9.29. The molecule has 0 spiro atoms. The highest BCUT2D eigenvalue weighted by atomic mass is 33.1. The molecule has 1 aliphatic heterocycles. The molecule has 1 saturated heterocycles. The molecule has 1 aromatic heterocycles. The van der Waals surface area contributed by atoms with Crippen molar-refractivity contribution in [3.05, 3.63) is 108 Å². The maximum Gasteiger partial charge on any atom is 0.490 e. The van der Waals surface area contributed by atoms with Gasteiger partial charge in [0.25, 0.3) is 0 Å². The number of benzene rings is 3. The van der Waals surface area contributed by atoms with Gasteiger partial charge in [0.15, 0.2) is 0 Å². The summed E-state index contributed by atoms with van der Waals surface area (Å²) >= 11 is 0. The standard InChI is InChI=1S/C51H68N10O11S2.C2HF3O2/c1-29(63)41(26-62)59-50(71)43-28-74-73-27-42(55-44(66)24-38(54-31(3)65)33-16-8-5-9-17-33)49(70)57-39(22-32-14-6-4-7-15-32)47(68)58-40(23-34-25-53-36-19-11-10-18-35(34)36)48(69)56-37(20-12-13-21-52)46(67)61-45(30(2)64)51(72)60-43;3-2(4,5)1(6)7/h4-11,14-19,25,29-30,37-43,45,53,62-64H,12-13,20-24,26-28,52H2,1-3H3,(H,54,65)(H,55,66)(H,56,69)(H,57,70)(H,58,68)(H,59,71)(H,60,72)(H,61,67);(H,6,7)/t29-,30-,37+,38+,39+,40?,41-,42+,43+,45+;/m1./s1. The fourth-order valence-electron chi connectivity index (χ4n) is 8.11. The number of hydrogen-bond donors (Lipinski definition) is 14. The highest BCUT2D eigenvalue weighted by molar-refractivity contribution is 8.76. The third kappa shape index (κ3) is 22.0. The van der Waals surface area contributed by atoms with Gasteiger partial charge in [-0.05, 0) is 62.4 Å². The van der Waals surface area contributed by atoms with Crippen molar-refractivity contribution in [2.75, 3.05) is 24.7 Å². The summed E-state index contributed by atoms with van der Waals surface area (Å²) in [6.45, 7) is 3.50. The average molecular weight is 1180 g/mol. The van der Waals surface area contributed by atoms with Gasteiger partial charge in [-0.15, -0.1) is 0 Å². The molecule has 2 heterocycles. The zero-order chi connectivity index (χ0) is 59.8. The third-order valence-corrected chi connectivity index (χ3v) is 14.9. The molecule has 3 aromatic carbocycles. The molecule has 1 fully saturated rings. The molecular weight excluding hydrogens is 1110 g/mol. The van der Waals surface area contributed by atoms with Crippen LogP contribution in [0.15, 0.2) is 91.1 Å². The number of aliphatic carboxylic acids is 1. The van der Waals surface area contributed by atoms with E-state index in [9.17, 15) is 66.8 Å². The number of nitrogens with one attached hydrogen (secondary N) is 9. The van der Waals surface area contributed by atoms with Crippen LogP contribution in [0.5, 0.6) is 0 Å². The molecule has 28 heteroatoms. The van der Waals surface area contributed by atoms with E-state index in [2.05, 4.69) is 47.5 Å². The van der Waals surface area contributed by atoms with Crippen molar-refractivity contribution in [2.45, 2.75) is 126 Å². The minimum absolute atomic E-state index is 0.0220. The second-order valence-corrected chi connectivity index (χ2v) is 21.5. The molecule has 0 radical (unpaired) electrons. The number of unbranched alkanes of at least 4 members (excludes halogenated alkanes) is 1. The molecule has 15 N–H and O–H groups in total. The summed E-state index contributed by atoms with van der Waals surface area (Å²) in [5.41, 5.74) is 8.45. The SMILES string of the molecule is CC(=O)N[C@@H](CC(=O)N[C@H]1CSSC[C@@H](C(=O)N[C@H](CO)[C@@H](C)O)NC(=O)[C@H]([C@@H](C)O)NC(=O)[C@H](CCCCN)NC(=O)C(Cc2c[nH]c3ccccc23)NC(=O)[C@H](Cc2ccccc2)NC1=O)c1ccccc1.O=C(O)C(F)(F)F. The van der Waals surface area contributed by atoms with Crippen molar-refractivity contribution < 1.29 is 76.7 Å². The summed E-state index contributed by atoms with van der Waals surface area (Å²) < 4.78 is 31.7. The molecule has 81 heavy (non-hydrogen) atoms. The van der Waals surface area contributed by atoms with E-state index in [4.69, 9.17) is 15.6 Å². The van der Waals surface area contributed by atoms with Crippen molar-refractivity contribution in [1.29, 1.82) is 0 Å². The number of rotatable bonds is 18. The van der Waals surface area contributed by atoms with E-state index in [1.54, 1.807) is 66.9 Å². The predicted molar refractivity (Wildman–Crippen MR) is 295 cm³/mol. The molecule has 23 nitrogen and oxygen atoms in total. The molecule has 0 saturated carbocycles. The maximum atomic E-state index is 14.8. The first-order valence-corrected chi connectivity index (χ1v) is 28.1. The first-order chi connectivity index (χ1) is 38.4. The van der Waals surface area contributed by atoms with E-state index in [1.165, 1.54) is 20.8 Å². The lowest BCUT2D eigenvalue weighted by atomic mass is 10.0. The number of alkyl halides is 3. The Balaban J connectivity index is 0.00000189. The molecule has 10 atom stereocenters. The molecule has 5 rings (SSSR count). The van der Waals surface area contributed by atoms with Gasteiger partial charge in [0.1, 0.15) is 36.3 Å². The number of hydrogen-bond acceptors (Lipinski definition) is 15. The Hall–Kier alpha value is -7.24. The number of para-hydroxylation sites is 1. The molecule has 4 aromatic rings. The molecule has 1 unspecified atom stereocenters. The van der Waals surface area contributed by atoms with E-state index >= 15 is 0 Å². The summed E-state index contributed by atoms with van der Waals surface area (Å²) in [5, 5.41) is 60.5. The number of amides is 8. The Morgan fingerprint density at radius 3 is 1.89 bits per heavy atom. The zero-order valence-electron chi connectivity index (χ0n) is 44.5. The van der Waals surface area contributed by atoms with Crippen LogP contribution in [0.1, 0.15) is 69.2 Å². The number of nitrogens with two attached hydrogens (primary N) is 1. The van der Waals surface area contributed by atoms with Gasteiger partial charge in [0.2, 0.25) is 47.3 Å². The number of fused-ring (bicyclic) bond motifs is 1. The predicted octanol–water partition coefficient (Wildman–Crippen LogP) is 0.525. The number of H-pyrrole nitrogens is 1. The van der Waals surface area contributed by atoms with Crippen molar-refractivity contribution >= 4 is 85.7 Å². The Morgan fingerprint density at radius 2 is 1.30 bits per heavy atom. The molecule has 442 valence electrons. The van der Waals surface area contributed by atoms with E-state index in [-0.39, 0.29) is 43.7 Å². The average Bonchev–Trinajstić information content (AvgIpc) is 3.85. The number of aliphatic hydroxyl groups excluding tert-OH is 3. The van der Waals surface area contributed by atoms with E-state index < -0.39 is 127 Å². The minimum Gasteiger partial charge on any atom is -0.475 e. The summed E-state index contributed by atoms with van der Waals surface area (Å²) in [6, 6.07) is 14.4. The Bertz CT molecular complexity index is 2740. The molecule has 0 aliphatic carbocycles. The normalized spacial score (nSPS) is 21.3. The summed E-state index contributed by atoms with van der Waals surface area (Å²) in [7, 11) is 2.02. The number of carbonyl (C=O) groups excluding carboxylic acids is 8. The van der Waals surface area contributed by atoms with Crippen molar-refractivity contribution in [3.63, 3.8) is 0 Å². The quantitative estimate of drug-likeness (QED) is 0.0477. The number of aromatic nitrogens is 1. The van der Waals surface area contributed by atoms with Crippen molar-refractivity contribution in [2.24, 2.45) is 5.73 Å². The van der Waals surface area contributed by atoms with Gasteiger partial charge < -0.3 is 73.7 Å². The summed E-state index contributed by atoms with van der Waals surface area (Å²) in [6.07, 6.45) is -5.78. The number of carboxylic acid groups (broad SMARTS) is 1. The van der Waals surface area contributed by atoms with Crippen molar-refractivity contribution in [3.8, 4) is 0 Å². The van der Waals surface area contributed by atoms with E-state index in [0.717, 1.165) is 32.5 Å². The Labute approximate surface area is 472 Å². The number of aliphatic hydroxyl groups is 3. The molecule has 8 amide bonds. The van der Waals surface area contributed by atoms with Gasteiger partial charge in [-0.25, -0.2) is 4.79 Å². The van der Waals surface area contributed by atoms with Crippen LogP contribution in [0.25, 0.3) is 10.9 Å². The van der Waals surface area contributed by atoms with Crippen LogP contribution in [-0.2, 0) is 56.0 Å². The fourth-order valence-corrected chi connectivity index (χ4v) is 10.4.